The molecule has 0 spiro atoms. The molecule has 0 aliphatic carbocycles. The van der Waals surface area contributed by atoms with Gasteiger partial charge in [0, 0.05) is 50.5 Å². The van der Waals surface area contributed by atoms with Crippen LogP contribution in [0.1, 0.15) is 25.1 Å². The number of aromatic nitrogens is 2. The van der Waals surface area contributed by atoms with Crippen LogP contribution >= 0.6 is 0 Å². The number of nitrogens with zero attached hydrogens (tertiary/aromatic N) is 4. The summed E-state index contributed by atoms with van der Waals surface area (Å²) in [6.45, 7) is 11.3. The Bertz CT molecular complexity index is 803. The number of ether oxygens (including phenoxy) is 2. The van der Waals surface area contributed by atoms with Gasteiger partial charge in [-0.05, 0) is 38.5 Å². The lowest BCUT2D eigenvalue weighted by molar-refractivity contribution is 0.174. The Morgan fingerprint density at radius 2 is 1.81 bits per heavy atom. The van der Waals surface area contributed by atoms with Gasteiger partial charge in [-0.25, -0.2) is 4.98 Å². The zero-order chi connectivity index (χ0) is 18.8. The molecule has 1 saturated heterocycles. The van der Waals surface area contributed by atoms with Crippen molar-refractivity contribution in [1.29, 1.82) is 0 Å². The highest BCUT2D eigenvalue weighted by atomic mass is 16.7. The molecule has 1 aromatic heterocycles. The Balaban J connectivity index is 1.37. The third kappa shape index (κ3) is 4.24. The van der Waals surface area contributed by atoms with Gasteiger partial charge in [-0.3, -0.25) is 4.90 Å². The molecule has 1 aromatic carbocycles. The number of hydrogen-bond donors (Lipinski definition) is 1. The summed E-state index contributed by atoms with van der Waals surface area (Å²) in [7, 11) is 0. The monoisotopic (exact) mass is 369 g/mol. The molecule has 0 saturated carbocycles. The number of rotatable bonds is 5. The normalized spacial score (nSPS) is 16.8. The molecule has 27 heavy (non-hydrogen) atoms. The van der Waals surface area contributed by atoms with E-state index in [1.165, 1.54) is 5.56 Å². The molecular weight excluding hydrogens is 342 g/mol. The fourth-order valence-corrected chi connectivity index (χ4v) is 3.47. The number of fused-ring (bicyclic) bond motifs is 1. The van der Waals surface area contributed by atoms with Crippen LogP contribution in [0.3, 0.4) is 0 Å². The lowest BCUT2D eigenvalue weighted by atomic mass is 10.1. The molecule has 7 heteroatoms. The van der Waals surface area contributed by atoms with Crippen LogP contribution in [-0.4, -0.2) is 53.9 Å². The molecule has 1 fully saturated rings. The maximum Gasteiger partial charge on any atom is 0.231 e. The second-order valence-corrected chi connectivity index (χ2v) is 7.44. The molecule has 3 heterocycles. The van der Waals surface area contributed by atoms with Gasteiger partial charge in [0.1, 0.15) is 5.82 Å². The summed E-state index contributed by atoms with van der Waals surface area (Å²) in [5, 5.41) is 3.38. The van der Waals surface area contributed by atoms with Gasteiger partial charge in [0.15, 0.2) is 11.5 Å². The van der Waals surface area contributed by atoms with E-state index in [0.29, 0.717) is 12.8 Å². The lowest BCUT2D eigenvalue weighted by Gasteiger charge is -2.35. The first-order chi connectivity index (χ1) is 13.1. The van der Waals surface area contributed by atoms with Crippen LogP contribution < -0.4 is 19.7 Å². The summed E-state index contributed by atoms with van der Waals surface area (Å²) in [5.41, 5.74) is 2.24. The molecule has 0 amide bonds. The molecule has 0 bridgehead atoms. The molecule has 2 aliphatic rings. The van der Waals surface area contributed by atoms with Crippen LogP contribution in [0.4, 0.5) is 11.8 Å². The maximum absolute atomic E-state index is 5.48. The third-order valence-electron chi connectivity index (χ3n) is 4.78. The van der Waals surface area contributed by atoms with Crippen molar-refractivity contribution in [3.05, 3.63) is 35.5 Å². The predicted molar refractivity (Wildman–Crippen MR) is 106 cm³/mol. The maximum atomic E-state index is 5.48. The zero-order valence-corrected chi connectivity index (χ0v) is 16.2. The minimum atomic E-state index is 0.321. The minimum Gasteiger partial charge on any atom is -0.454 e. The Kier molecular flexibility index (Phi) is 5.03. The zero-order valence-electron chi connectivity index (χ0n) is 16.2. The highest BCUT2D eigenvalue weighted by Crippen LogP contribution is 2.32. The van der Waals surface area contributed by atoms with Crippen molar-refractivity contribution < 1.29 is 9.47 Å². The molecule has 0 atom stereocenters. The van der Waals surface area contributed by atoms with Crippen LogP contribution in [0.5, 0.6) is 11.5 Å². The van der Waals surface area contributed by atoms with E-state index in [1.807, 2.05) is 19.1 Å². The van der Waals surface area contributed by atoms with Crippen LogP contribution in [0.25, 0.3) is 0 Å². The standard InChI is InChI=1S/C20H27N5O2/c1-14(2)21-19-10-15(3)22-20(23-19)25-8-6-24(7-9-25)12-16-4-5-17-18(11-16)27-13-26-17/h4-5,10-11,14H,6-9,12-13H2,1-3H3,(H,21,22,23). The lowest BCUT2D eigenvalue weighted by Crippen LogP contribution is -2.46. The Morgan fingerprint density at radius 3 is 2.59 bits per heavy atom. The van der Waals surface area contributed by atoms with Crippen molar-refractivity contribution in [3.63, 3.8) is 0 Å². The van der Waals surface area contributed by atoms with E-state index in [1.54, 1.807) is 0 Å². The topological polar surface area (TPSA) is 62.8 Å². The summed E-state index contributed by atoms with van der Waals surface area (Å²) in [6.07, 6.45) is 0. The SMILES string of the molecule is Cc1cc(NC(C)C)nc(N2CCN(Cc3ccc4c(c3)OCO4)CC2)n1. The smallest absolute Gasteiger partial charge is 0.231 e. The fourth-order valence-electron chi connectivity index (χ4n) is 3.47. The quantitative estimate of drug-likeness (QED) is 0.869. The van der Waals surface area contributed by atoms with Crippen molar-refractivity contribution in [2.24, 2.45) is 0 Å². The average Bonchev–Trinajstić information content (AvgIpc) is 3.09. The van der Waals surface area contributed by atoms with Crippen molar-refractivity contribution in [2.75, 3.05) is 43.2 Å². The van der Waals surface area contributed by atoms with Gasteiger partial charge >= 0.3 is 0 Å². The second kappa shape index (κ2) is 7.60. The minimum absolute atomic E-state index is 0.321. The van der Waals surface area contributed by atoms with E-state index >= 15 is 0 Å². The van der Waals surface area contributed by atoms with Gasteiger partial charge in [0.25, 0.3) is 0 Å². The molecule has 144 valence electrons. The first-order valence-electron chi connectivity index (χ1n) is 9.55. The van der Waals surface area contributed by atoms with Crippen molar-refractivity contribution in [2.45, 2.75) is 33.4 Å². The van der Waals surface area contributed by atoms with Crippen LogP contribution in [0, 0.1) is 6.92 Å². The predicted octanol–water partition coefficient (Wildman–Crippen LogP) is 2.66. The molecule has 7 nitrogen and oxygen atoms in total. The number of nitrogens with one attached hydrogen (secondary N) is 1. The summed E-state index contributed by atoms with van der Waals surface area (Å²) < 4.78 is 10.9. The number of anilines is 2. The first-order valence-corrected chi connectivity index (χ1v) is 9.55. The highest BCUT2D eigenvalue weighted by Gasteiger charge is 2.21. The van der Waals surface area contributed by atoms with Gasteiger partial charge in [-0.1, -0.05) is 6.07 Å². The summed E-state index contributed by atoms with van der Waals surface area (Å²) in [5.74, 6) is 3.41. The Labute approximate surface area is 160 Å². The molecule has 1 N–H and O–H groups in total. The number of piperazine rings is 1. The Morgan fingerprint density at radius 1 is 1.04 bits per heavy atom. The van der Waals surface area contributed by atoms with E-state index < -0.39 is 0 Å². The van der Waals surface area contributed by atoms with Gasteiger partial charge in [-0.2, -0.15) is 4.98 Å². The average molecular weight is 369 g/mol. The van der Waals surface area contributed by atoms with Crippen molar-refractivity contribution in [3.8, 4) is 11.5 Å². The van der Waals surface area contributed by atoms with E-state index in [0.717, 1.165) is 61.7 Å². The highest BCUT2D eigenvalue weighted by molar-refractivity contribution is 5.45. The molecular formula is C20H27N5O2. The van der Waals surface area contributed by atoms with Gasteiger partial charge in [0.2, 0.25) is 12.7 Å². The van der Waals surface area contributed by atoms with Crippen molar-refractivity contribution >= 4 is 11.8 Å². The fraction of sp³-hybridized carbons (Fsp3) is 0.500. The van der Waals surface area contributed by atoms with Gasteiger partial charge in [-0.15, -0.1) is 0 Å². The van der Waals surface area contributed by atoms with E-state index in [9.17, 15) is 0 Å². The van der Waals surface area contributed by atoms with Gasteiger partial charge in [0.05, 0.1) is 0 Å². The van der Waals surface area contributed by atoms with Gasteiger partial charge < -0.3 is 19.7 Å². The van der Waals surface area contributed by atoms with Crippen LogP contribution in [0.2, 0.25) is 0 Å². The number of aryl methyl sites for hydroxylation is 1. The molecule has 0 radical (unpaired) electrons. The largest absolute Gasteiger partial charge is 0.454 e. The van der Waals surface area contributed by atoms with E-state index in [2.05, 4.69) is 46.1 Å². The summed E-state index contributed by atoms with van der Waals surface area (Å²) >= 11 is 0. The molecule has 4 rings (SSSR count). The summed E-state index contributed by atoms with van der Waals surface area (Å²) in [6, 6.07) is 8.55. The molecule has 0 unspecified atom stereocenters. The summed E-state index contributed by atoms with van der Waals surface area (Å²) in [4.78, 5) is 14.1. The van der Waals surface area contributed by atoms with Crippen LogP contribution in [-0.2, 0) is 6.54 Å². The third-order valence-corrected chi connectivity index (χ3v) is 4.78. The number of hydrogen-bond acceptors (Lipinski definition) is 7. The van der Waals surface area contributed by atoms with Crippen LogP contribution in [0.15, 0.2) is 24.3 Å². The first kappa shape index (κ1) is 17.9. The molecule has 2 aromatic rings. The Hall–Kier alpha value is -2.54. The molecule has 2 aliphatic heterocycles. The second-order valence-electron chi connectivity index (χ2n) is 7.44. The van der Waals surface area contributed by atoms with Crippen molar-refractivity contribution in [1.82, 2.24) is 14.9 Å². The number of benzene rings is 1. The van der Waals surface area contributed by atoms with E-state index in [-0.39, 0.29) is 0 Å². The van der Waals surface area contributed by atoms with E-state index in [4.69, 9.17) is 14.5 Å².